The minimum atomic E-state index is -5.21. The molecule has 0 spiro atoms. The fourth-order valence-electron chi connectivity index (χ4n) is 1.98. The molecule has 0 unspecified atom stereocenters. The summed E-state index contributed by atoms with van der Waals surface area (Å²) in [6.45, 7) is 0. The van der Waals surface area contributed by atoms with Crippen molar-refractivity contribution in [2.24, 2.45) is 0 Å². The van der Waals surface area contributed by atoms with Gasteiger partial charge >= 0.3 is 12.5 Å². The molecule has 0 aliphatic heterocycles. The number of hydrogen-bond donors (Lipinski definition) is 0. The second-order valence-corrected chi connectivity index (χ2v) is 5.30. The summed E-state index contributed by atoms with van der Waals surface area (Å²) in [5.41, 5.74) is -2.72. The van der Waals surface area contributed by atoms with Gasteiger partial charge < -0.3 is 14.2 Å². The molecule has 152 valence electrons. The van der Waals surface area contributed by atoms with Crippen LogP contribution in [0.2, 0.25) is 0 Å². The minimum Gasteiger partial charge on any atom is -0.493 e. The standard InChI is InChI=1S/C16H8ClF7O4/c1-26-13-4-7(28-16(22,23)24)2-3-11(13)27-12-6-9(15(19,20)21)10(18)5-8(12)14(17)25/h2-6H,1H3/i1D3. The molecule has 0 aliphatic carbocycles. The monoisotopic (exact) mass is 435 g/mol. The number of benzene rings is 2. The van der Waals surface area contributed by atoms with Crippen LogP contribution in [0.15, 0.2) is 30.3 Å². The van der Waals surface area contributed by atoms with Crippen molar-refractivity contribution >= 4 is 16.8 Å². The Morgan fingerprint density at radius 2 is 1.71 bits per heavy atom. The first kappa shape index (κ1) is 17.4. The molecular formula is C16H8ClF7O4. The first-order valence-electron chi connectivity index (χ1n) is 8.33. The highest BCUT2D eigenvalue weighted by molar-refractivity contribution is 6.68. The van der Waals surface area contributed by atoms with Crippen molar-refractivity contribution in [3.8, 4) is 23.0 Å². The number of rotatable bonds is 5. The molecule has 0 saturated heterocycles. The predicted molar refractivity (Wildman–Crippen MR) is 81.3 cm³/mol. The Morgan fingerprint density at radius 1 is 1.04 bits per heavy atom. The van der Waals surface area contributed by atoms with Gasteiger partial charge in [0.05, 0.1) is 22.3 Å². The van der Waals surface area contributed by atoms with Crippen LogP contribution < -0.4 is 14.2 Å². The molecule has 2 aromatic carbocycles. The number of carbonyl (C=O) groups excluding carboxylic acids is 1. The van der Waals surface area contributed by atoms with Gasteiger partial charge in [0.15, 0.2) is 11.5 Å². The molecule has 4 nitrogen and oxygen atoms in total. The minimum absolute atomic E-state index is 0.0736. The van der Waals surface area contributed by atoms with Gasteiger partial charge in [-0.1, -0.05) is 0 Å². The van der Waals surface area contributed by atoms with Crippen LogP contribution in [0.4, 0.5) is 30.7 Å². The predicted octanol–water partition coefficient (Wildman–Crippen LogP) is 5.92. The first-order chi connectivity index (χ1) is 14.0. The van der Waals surface area contributed by atoms with Crippen molar-refractivity contribution < 1.29 is 53.9 Å². The van der Waals surface area contributed by atoms with Gasteiger partial charge in [-0.2, -0.15) is 13.2 Å². The maximum atomic E-state index is 13.7. The van der Waals surface area contributed by atoms with Crippen LogP contribution in [0.1, 0.15) is 20.0 Å². The maximum absolute atomic E-state index is 13.7. The third-order valence-corrected chi connectivity index (χ3v) is 3.27. The number of methoxy groups -OCH3 is 1. The van der Waals surface area contributed by atoms with Crippen LogP contribution in [-0.2, 0) is 6.18 Å². The molecule has 0 amide bonds. The van der Waals surface area contributed by atoms with Gasteiger partial charge in [-0.05, 0) is 35.9 Å². The van der Waals surface area contributed by atoms with Crippen LogP contribution in [-0.4, -0.2) is 18.6 Å². The van der Waals surface area contributed by atoms with E-state index in [9.17, 15) is 35.5 Å². The zero-order valence-corrected chi connectivity index (χ0v) is 13.8. The molecule has 12 heteroatoms. The maximum Gasteiger partial charge on any atom is 0.573 e. The van der Waals surface area contributed by atoms with Crippen LogP contribution >= 0.6 is 11.6 Å². The van der Waals surface area contributed by atoms with Crippen molar-refractivity contribution in [1.82, 2.24) is 0 Å². The van der Waals surface area contributed by atoms with E-state index in [2.05, 4.69) is 9.47 Å². The van der Waals surface area contributed by atoms with Crippen LogP contribution in [0, 0.1) is 5.82 Å². The van der Waals surface area contributed by atoms with Gasteiger partial charge in [-0.3, -0.25) is 4.79 Å². The van der Waals surface area contributed by atoms with Crippen molar-refractivity contribution in [3.63, 3.8) is 0 Å². The van der Waals surface area contributed by atoms with E-state index in [-0.39, 0.29) is 12.1 Å². The Labute approximate surface area is 161 Å². The Kier molecular flexibility index (Phi) is 4.81. The highest BCUT2D eigenvalue weighted by Crippen LogP contribution is 2.40. The molecule has 0 bridgehead atoms. The fraction of sp³-hybridized carbons (Fsp3) is 0.188. The molecule has 0 atom stereocenters. The van der Waals surface area contributed by atoms with E-state index < -0.39 is 64.8 Å². The van der Waals surface area contributed by atoms with E-state index in [1.807, 2.05) is 0 Å². The molecule has 0 radical (unpaired) electrons. The van der Waals surface area contributed by atoms with Crippen LogP contribution in [0.25, 0.3) is 0 Å². The Balaban J connectivity index is 2.59. The second kappa shape index (κ2) is 7.74. The lowest BCUT2D eigenvalue weighted by Crippen LogP contribution is -2.17. The smallest absolute Gasteiger partial charge is 0.493 e. The van der Waals surface area contributed by atoms with Crippen molar-refractivity contribution in [3.05, 3.63) is 47.3 Å². The van der Waals surface area contributed by atoms with E-state index in [0.717, 1.165) is 0 Å². The first-order valence-corrected chi connectivity index (χ1v) is 7.21. The highest BCUT2D eigenvalue weighted by atomic mass is 35.5. The summed E-state index contributed by atoms with van der Waals surface area (Å²) in [4.78, 5) is 11.5. The Hall–Kier alpha value is -2.69. The van der Waals surface area contributed by atoms with Gasteiger partial charge in [0, 0.05) is 6.07 Å². The molecule has 0 N–H and O–H groups in total. The lowest BCUT2D eigenvalue weighted by Gasteiger charge is -2.16. The number of carbonyl (C=O) groups is 1. The fourth-order valence-corrected chi connectivity index (χ4v) is 2.12. The van der Waals surface area contributed by atoms with E-state index in [4.69, 9.17) is 20.5 Å². The average Bonchev–Trinajstić information content (AvgIpc) is 2.54. The molecule has 2 rings (SSSR count). The molecule has 0 heterocycles. The lowest BCUT2D eigenvalue weighted by molar-refractivity contribution is -0.274. The third kappa shape index (κ3) is 5.18. The summed E-state index contributed by atoms with van der Waals surface area (Å²) in [6.07, 6.45) is -10.4. The molecule has 0 aromatic heterocycles. The molecule has 28 heavy (non-hydrogen) atoms. The topological polar surface area (TPSA) is 44.8 Å². The lowest BCUT2D eigenvalue weighted by atomic mass is 10.1. The zero-order valence-electron chi connectivity index (χ0n) is 16.0. The summed E-state index contributed by atoms with van der Waals surface area (Å²) < 4.78 is 124. The van der Waals surface area contributed by atoms with Gasteiger partial charge in [0.25, 0.3) is 5.24 Å². The van der Waals surface area contributed by atoms with Crippen molar-refractivity contribution in [2.75, 3.05) is 7.04 Å². The van der Waals surface area contributed by atoms with E-state index in [1.165, 1.54) is 0 Å². The number of ether oxygens (including phenoxy) is 3. The van der Waals surface area contributed by atoms with Gasteiger partial charge in [-0.25, -0.2) is 4.39 Å². The average molecular weight is 436 g/mol. The molecule has 0 saturated carbocycles. The molecule has 2 aromatic rings. The summed E-state index contributed by atoms with van der Waals surface area (Å²) in [7, 11) is -3.22. The normalized spacial score (nSPS) is 13.9. The van der Waals surface area contributed by atoms with Crippen molar-refractivity contribution in [1.29, 1.82) is 0 Å². The summed E-state index contributed by atoms with van der Waals surface area (Å²) in [5, 5.41) is -1.43. The molecular weight excluding hydrogens is 425 g/mol. The number of hydrogen-bond acceptors (Lipinski definition) is 4. The second-order valence-electron chi connectivity index (χ2n) is 4.96. The number of alkyl halides is 6. The van der Waals surface area contributed by atoms with Gasteiger partial charge in [0.1, 0.15) is 17.3 Å². The summed E-state index contributed by atoms with van der Waals surface area (Å²) in [6, 6.07) is 1.95. The Bertz CT molecular complexity index is 991. The van der Waals surface area contributed by atoms with E-state index in [1.54, 1.807) is 0 Å². The zero-order chi connectivity index (χ0) is 23.8. The molecule has 0 aliphatic rings. The van der Waals surface area contributed by atoms with Crippen LogP contribution in [0.5, 0.6) is 23.0 Å². The van der Waals surface area contributed by atoms with E-state index in [0.29, 0.717) is 18.2 Å². The van der Waals surface area contributed by atoms with Gasteiger partial charge in [-0.15, -0.1) is 13.2 Å². The quantitative estimate of drug-likeness (QED) is 0.432. The summed E-state index contributed by atoms with van der Waals surface area (Å²) >= 11 is 5.22. The van der Waals surface area contributed by atoms with Gasteiger partial charge in [0.2, 0.25) is 0 Å². The highest BCUT2D eigenvalue weighted by Gasteiger charge is 2.36. The largest absolute Gasteiger partial charge is 0.573 e. The molecule has 0 fully saturated rings. The number of halogens is 8. The van der Waals surface area contributed by atoms with E-state index >= 15 is 0 Å². The summed E-state index contributed by atoms with van der Waals surface area (Å²) in [5.74, 6) is -5.40. The Morgan fingerprint density at radius 3 is 2.25 bits per heavy atom. The van der Waals surface area contributed by atoms with Crippen LogP contribution in [0.3, 0.4) is 0 Å². The van der Waals surface area contributed by atoms with Crippen molar-refractivity contribution in [2.45, 2.75) is 12.5 Å². The third-order valence-electron chi connectivity index (χ3n) is 3.07. The SMILES string of the molecule is [2H]C([2H])([2H])Oc1cc(OC(F)(F)F)ccc1Oc1cc(C(F)(F)F)c(F)cc1C(=O)Cl.